The molecule has 1 aliphatic heterocycles. The van der Waals surface area contributed by atoms with E-state index in [1.54, 1.807) is 0 Å². The summed E-state index contributed by atoms with van der Waals surface area (Å²) >= 11 is 0. The van der Waals surface area contributed by atoms with E-state index in [9.17, 15) is 0 Å². The minimum Gasteiger partial charge on any atom is -0.375 e. The maximum absolute atomic E-state index is 6.32. The number of aromatic amines is 1. The lowest BCUT2D eigenvalue weighted by Crippen LogP contribution is -2.47. The number of nitrogens with zero attached hydrogens (tertiary/aromatic N) is 2. The van der Waals surface area contributed by atoms with Crippen molar-refractivity contribution < 1.29 is 4.74 Å². The highest BCUT2D eigenvalue weighted by atomic mass is 16.5. The van der Waals surface area contributed by atoms with Gasteiger partial charge in [0.25, 0.3) is 0 Å². The molecular formula is C21H30N4O. The van der Waals surface area contributed by atoms with Crippen LogP contribution in [0.3, 0.4) is 0 Å². The highest BCUT2D eigenvalue weighted by Crippen LogP contribution is 2.49. The highest BCUT2D eigenvalue weighted by molar-refractivity contribution is 5.21. The standard InChI is InChI=1S/C21H30N4O/c1-17-18(15-24-25-17)14-22-12-9-20(19-6-2-5-11-23-19)10-13-26-21(16-20)7-3-4-8-21/h2,5-6,11,15,22H,3-4,7-10,12-14,16H2,1H3,(H,24,25)/t20-/m1/s1. The number of aryl methyl sites for hydroxylation is 1. The molecule has 5 nitrogen and oxygen atoms in total. The van der Waals surface area contributed by atoms with Gasteiger partial charge in [0.2, 0.25) is 0 Å². The number of ether oxygens (including phenoxy) is 1. The van der Waals surface area contributed by atoms with E-state index in [1.807, 2.05) is 18.5 Å². The zero-order valence-corrected chi connectivity index (χ0v) is 15.8. The van der Waals surface area contributed by atoms with Crippen LogP contribution in [-0.4, -0.2) is 33.9 Å². The molecule has 2 aliphatic rings. The van der Waals surface area contributed by atoms with E-state index < -0.39 is 0 Å². The molecular weight excluding hydrogens is 324 g/mol. The van der Waals surface area contributed by atoms with Crippen LogP contribution < -0.4 is 5.32 Å². The largest absolute Gasteiger partial charge is 0.375 e. The number of hydrogen-bond donors (Lipinski definition) is 2. The predicted octanol–water partition coefficient (Wildman–Crippen LogP) is 3.65. The highest BCUT2D eigenvalue weighted by Gasteiger charge is 2.48. The molecule has 2 fully saturated rings. The van der Waals surface area contributed by atoms with Crippen molar-refractivity contribution in [3.05, 3.63) is 47.5 Å². The molecule has 0 bridgehead atoms. The van der Waals surface area contributed by atoms with Gasteiger partial charge in [0.15, 0.2) is 0 Å². The van der Waals surface area contributed by atoms with Gasteiger partial charge in [0.1, 0.15) is 0 Å². The van der Waals surface area contributed by atoms with E-state index in [1.165, 1.54) is 36.9 Å². The van der Waals surface area contributed by atoms with Crippen LogP contribution in [-0.2, 0) is 16.7 Å². The van der Waals surface area contributed by atoms with Gasteiger partial charge < -0.3 is 10.1 Å². The minimum atomic E-state index is 0.0942. The third-order valence-corrected chi connectivity index (χ3v) is 6.40. The van der Waals surface area contributed by atoms with Gasteiger partial charge in [-0.05, 0) is 57.7 Å². The molecule has 2 aromatic heterocycles. The Kier molecular flexibility index (Phi) is 5.09. The summed E-state index contributed by atoms with van der Waals surface area (Å²) < 4.78 is 6.32. The van der Waals surface area contributed by atoms with Gasteiger partial charge in [-0.15, -0.1) is 0 Å². The first-order valence-corrected chi connectivity index (χ1v) is 9.97. The topological polar surface area (TPSA) is 62.8 Å². The Morgan fingerprint density at radius 1 is 1.23 bits per heavy atom. The molecule has 2 aromatic rings. The second-order valence-electron chi connectivity index (χ2n) is 8.11. The first-order chi connectivity index (χ1) is 12.7. The smallest absolute Gasteiger partial charge is 0.0691 e. The van der Waals surface area contributed by atoms with E-state index >= 15 is 0 Å². The molecule has 1 saturated carbocycles. The summed E-state index contributed by atoms with van der Waals surface area (Å²) in [6, 6.07) is 6.36. The summed E-state index contributed by atoms with van der Waals surface area (Å²) in [7, 11) is 0. The van der Waals surface area contributed by atoms with Crippen molar-refractivity contribution in [2.75, 3.05) is 13.2 Å². The zero-order chi connectivity index (χ0) is 17.9. The number of hydrogen-bond acceptors (Lipinski definition) is 4. The average molecular weight is 354 g/mol. The van der Waals surface area contributed by atoms with Gasteiger partial charge in [-0.25, -0.2) is 0 Å². The Balaban J connectivity index is 1.47. The van der Waals surface area contributed by atoms with Crippen molar-refractivity contribution in [2.45, 2.75) is 69.4 Å². The van der Waals surface area contributed by atoms with Crippen molar-refractivity contribution in [3.63, 3.8) is 0 Å². The second-order valence-corrected chi connectivity index (χ2v) is 8.11. The Morgan fingerprint density at radius 2 is 2.12 bits per heavy atom. The van der Waals surface area contributed by atoms with Crippen molar-refractivity contribution >= 4 is 0 Å². The second kappa shape index (κ2) is 7.49. The molecule has 0 amide bonds. The Morgan fingerprint density at radius 3 is 2.85 bits per heavy atom. The number of nitrogens with one attached hydrogen (secondary N) is 2. The summed E-state index contributed by atoms with van der Waals surface area (Å²) in [5, 5.41) is 10.7. The van der Waals surface area contributed by atoms with Gasteiger partial charge >= 0.3 is 0 Å². The fourth-order valence-electron chi connectivity index (χ4n) is 4.90. The lowest BCUT2D eigenvalue weighted by Gasteiger charge is -2.46. The molecule has 140 valence electrons. The number of aromatic nitrogens is 3. The third kappa shape index (κ3) is 3.55. The van der Waals surface area contributed by atoms with Crippen molar-refractivity contribution in [2.24, 2.45) is 0 Å². The third-order valence-electron chi connectivity index (χ3n) is 6.40. The van der Waals surface area contributed by atoms with Crippen molar-refractivity contribution in [1.82, 2.24) is 20.5 Å². The van der Waals surface area contributed by atoms with E-state index in [-0.39, 0.29) is 11.0 Å². The summed E-state index contributed by atoms with van der Waals surface area (Å²) in [5.41, 5.74) is 3.86. The van der Waals surface area contributed by atoms with Crippen LogP contribution in [0.15, 0.2) is 30.6 Å². The van der Waals surface area contributed by atoms with Crippen molar-refractivity contribution in [3.8, 4) is 0 Å². The monoisotopic (exact) mass is 354 g/mol. The first kappa shape index (κ1) is 17.7. The predicted molar refractivity (Wildman–Crippen MR) is 102 cm³/mol. The lowest BCUT2D eigenvalue weighted by molar-refractivity contribution is -0.104. The molecule has 26 heavy (non-hydrogen) atoms. The van der Waals surface area contributed by atoms with Gasteiger partial charge in [0, 0.05) is 41.7 Å². The maximum atomic E-state index is 6.32. The van der Waals surface area contributed by atoms with E-state index in [2.05, 4.69) is 34.6 Å². The molecule has 4 rings (SSSR count). The molecule has 3 heterocycles. The quantitative estimate of drug-likeness (QED) is 0.777. The zero-order valence-electron chi connectivity index (χ0n) is 15.8. The molecule has 1 atom stereocenters. The van der Waals surface area contributed by atoms with E-state index in [0.717, 1.165) is 44.7 Å². The molecule has 0 aromatic carbocycles. The van der Waals surface area contributed by atoms with Crippen LogP contribution in [0.2, 0.25) is 0 Å². The molecule has 5 heteroatoms. The SMILES string of the molecule is Cc1[nH]ncc1CNCC[C@@]1(c2ccccn2)CCOC2(CCCC2)C1. The molecule has 0 unspecified atom stereocenters. The Bertz CT molecular complexity index is 708. The number of pyridine rings is 1. The fraction of sp³-hybridized carbons (Fsp3) is 0.619. The number of H-pyrrole nitrogens is 1. The molecule has 1 saturated heterocycles. The maximum Gasteiger partial charge on any atom is 0.0691 e. The van der Waals surface area contributed by atoms with Crippen LogP contribution in [0.4, 0.5) is 0 Å². The van der Waals surface area contributed by atoms with Crippen LogP contribution >= 0.6 is 0 Å². The summed E-state index contributed by atoms with van der Waals surface area (Å²) in [6.07, 6.45) is 12.2. The van der Waals surface area contributed by atoms with Gasteiger partial charge in [0.05, 0.1) is 11.8 Å². The summed E-state index contributed by atoms with van der Waals surface area (Å²) in [6.45, 7) is 4.78. The van der Waals surface area contributed by atoms with Crippen LogP contribution in [0.1, 0.15) is 61.9 Å². The Hall–Kier alpha value is -1.72. The lowest BCUT2D eigenvalue weighted by atomic mass is 9.68. The average Bonchev–Trinajstić information content (AvgIpc) is 3.29. The van der Waals surface area contributed by atoms with Gasteiger partial charge in [-0.3, -0.25) is 10.1 Å². The summed E-state index contributed by atoms with van der Waals surface area (Å²) in [4.78, 5) is 4.77. The molecule has 0 radical (unpaired) electrons. The fourth-order valence-corrected chi connectivity index (χ4v) is 4.90. The summed E-state index contributed by atoms with van der Waals surface area (Å²) in [5.74, 6) is 0. The van der Waals surface area contributed by atoms with Gasteiger partial charge in [-0.1, -0.05) is 18.9 Å². The van der Waals surface area contributed by atoms with E-state index in [4.69, 9.17) is 9.72 Å². The van der Waals surface area contributed by atoms with E-state index in [0.29, 0.717) is 0 Å². The minimum absolute atomic E-state index is 0.0942. The van der Waals surface area contributed by atoms with Crippen LogP contribution in [0.5, 0.6) is 0 Å². The van der Waals surface area contributed by atoms with Crippen molar-refractivity contribution in [1.29, 1.82) is 0 Å². The number of rotatable bonds is 6. The van der Waals surface area contributed by atoms with Crippen LogP contribution in [0, 0.1) is 6.92 Å². The molecule has 2 N–H and O–H groups in total. The Labute approximate surface area is 156 Å². The normalized spacial score (nSPS) is 25.0. The first-order valence-electron chi connectivity index (χ1n) is 9.97. The van der Waals surface area contributed by atoms with Crippen LogP contribution in [0.25, 0.3) is 0 Å². The van der Waals surface area contributed by atoms with Gasteiger partial charge in [-0.2, -0.15) is 5.10 Å². The molecule has 1 aliphatic carbocycles. The molecule has 1 spiro atoms.